The van der Waals surface area contributed by atoms with E-state index in [1.165, 1.54) is 60.9 Å². The van der Waals surface area contributed by atoms with Gasteiger partial charge >= 0.3 is 0 Å². The average Bonchev–Trinajstić information content (AvgIpc) is 3.57. The van der Waals surface area contributed by atoms with Crippen molar-refractivity contribution in [2.45, 2.75) is 38.5 Å². The van der Waals surface area contributed by atoms with Crippen molar-refractivity contribution in [1.82, 2.24) is 4.57 Å². The summed E-state index contributed by atoms with van der Waals surface area (Å²) in [5.41, 5.74) is 11.1. The van der Waals surface area contributed by atoms with Gasteiger partial charge in [-0.25, -0.2) is 0 Å². The van der Waals surface area contributed by atoms with E-state index in [4.69, 9.17) is 4.42 Å². The van der Waals surface area contributed by atoms with Crippen LogP contribution >= 0.6 is 0 Å². The van der Waals surface area contributed by atoms with Crippen LogP contribution in [0.1, 0.15) is 38.7 Å². The standard InChI is InChI=1S/C39H32N2O/c1-39(2)30-24-26(41-31-17-9-6-14-27(31)28-15-7-10-18-32(28)41)20-21-33(30)40(25-12-4-3-5-13-25)34-22-23-36-37(38(34)39)29-16-8-11-19-35(29)42-36/h3-4,6-12,14-23,30H,5,13,24H2,1-2H3. The summed E-state index contributed by atoms with van der Waals surface area (Å²) in [6.07, 6.45) is 14.7. The summed E-state index contributed by atoms with van der Waals surface area (Å²) in [6.45, 7) is 4.90. The van der Waals surface area contributed by atoms with E-state index in [0.29, 0.717) is 0 Å². The van der Waals surface area contributed by atoms with Gasteiger partial charge in [0, 0.05) is 50.0 Å². The predicted octanol–water partition coefficient (Wildman–Crippen LogP) is 10.5. The van der Waals surface area contributed by atoms with Crippen molar-refractivity contribution < 1.29 is 4.42 Å². The zero-order valence-corrected chi connectivity index (χ0v) is 24.0. The highest BCUT2D eigenvalue weighted by molar-refractivity contribution is 6.11. The number of anilines is 1. The molecule has 2 aliphatic carbocycles. The number of rotatable bonds is 2. The Balaban J connectivity index is 1.32. The minimum Gasteiger partial charge on any atom is -0.456 e. The van der Waals surface area contributed by atoms with Crippen molar-refractivity contribution in [2.75, 3.05) is 4.90 Å². The molecule has 2 aromatic heterocycles. The van der Waals surface area contributed by atoms with E-state index in [1.807, 2.05) is 0 Å². The van der Waals surface area contributed by atoms with E-state index < -0.39 is 0 Å². The number of allylic oxidation sites excluding steroid dienone is 8. The number of hydrogen-bond donors (Lipinski definition) is 0. The van der Waals surface area contributed by atoms with E-state index in [2.05, 4.69) is 139 Å². The molecule has 0 radical (unpaired) electrons. The minimum atomic E-state index is -0.132. The Morgan fingerprint density at radius 2 is 1.43 bits per heavy atom. The average molecular weight is 545 g/mol. The summed E-state index contributed by atoms with van der Waals surface area (Å²) in [7, 11) is 0. The summed E-state index contributed by atoms with van der Waals surface area (Å²) >= 11 is 0. The number of nitrogens with zero attached hydrogens (tertiary/aromatic N) is 2. The summed E-state index contributed by atoms with van der Waals surface area (Å²) in [4.78, 5) is 2.58. The molecule has 1 aliphatic heterocycles. The summed E-state index contributed by atoms with van der Waals surface area (Å²) in [5, 5.41) is 5.09. The molecular formula is C39H32N2O. The number of hydrogen-bond acceptors (Lipinski definition) is 2. The zero-order chi connectivity index (χ0) is 28.0. The van der Waals surface area contributed by atoms with Gasteiger partial charge in [0.1, 0.15) is 11.2 Å². The van der Waals surface area contributed by atoms with Gasteiger partial charge in [-0.1, -0.05) is 80.6 Å². The Labute approximate surface area is 245 Å². The molecular weight excluding hydrogens is 512 g/mol. The molecule has 6 aromatic rings. The van der Waals surface area contributed by atoms with Crippen molar-refractivity contribution in [3.8, 4) is 0 Å². The maximum absolute atomic E-state index is 6.43. The van der Waals surface area contributed by atoms with E-state index in [-0.39, 0.29) is 11.3 Å². The second-order valence-corrected chi connectivity index (χ2v) is 12.5. The topological polar surface area (TPSA) is 21.3 Å². The van der Waals surface area contributed by atoms with Crippen molar-refractivity contribution in [3.63, 3.8) is 0 Å². The lowest BCUT2D eigenvalue weighted by Gasteiger charge is -2.50. The van der Waals surface area contributed by atoms with Gasteiger partial charge in [0.05, 0.1) is 16.7 Å². The molecule has 3 nitrogen and oxygen atoms in total. The molecule has 3 heteroatoms. The third kappa shape index (κ3) is 3.17. The first-order valence-corrected chi connectivity index (χ1v) is 15.1. The number of fused-ring (bicyclic) bond motifs is 9. The molecule has 42 heavy (non-hydrogen) atoms. The molecule has 0 N–H and O–H groups in total. The maximum Gasteiger partial charge on any atom is 0.135 e. The molecule has 0 bridgehead atoms. The fourth-order valence-electron chi connectivity index (χ4n) is 7.99. The molecule has 1 unspecified atom stereocenters. The Kier molecular flexibility index (Phi) is 4.91. The second kappa shape index (κ2) is 8.62. The van der Waals surface area contributed by atoms with Crippen molar-refractivity contribution >= 4 is 55.1 Å². The van der Waals surface area contributed by atoms with Gasteiger partial charge in [-0.3, -0.25) is 0 Å². The van der Waals surface area contributed by atoms with Crippen LogP contribution in [-0.2, 0) is 5.41 Å². The highest BCUT2D eigenvalue weighted by atomic mass is 16.3. The normalized spacial score (nSPS) is 19.6. The Bertz CT molecular complexity index is 2160. The lowest BCUT2D eigenvalue weighted by Crippen LogP contribution is -2.44. The lowest BCUT2D eigenvalue weighted by atomic mass is 9.64. The van der Waals surface area contributed by atoms with E-state index in [9.17, 15) is 0 Å². The van der Waals surface area contributed by atoms with Gasteiger partial charge in [0.15, 0.2) is 0 Å². The second-order valence-electron chi connectivity index (χ2n) is 12.5. The maximum atomic E-state index is 6.43. The first-order chi connectivity index (χ1) is 20.6. The third-order valence-corrected chi connectivity index (χ3v) is 9.90. The van der Waals surface area contributed by atoms with Crippen LogP contribution in [0.3, 0.4) is 0 Å². The molecule has 3 aliphatic rings. The fourth-order valence-corrected chi connectivity index (χ4v) is 7.99. The van der Waals surface area contributed by atoms with Crippen molar-refractivity contribution in [2.24, 2.45) is 5.92 Å². The van der Waals surface area contributed by atoms with E-state index in [1.54, 1.807) is 0 Å². The predicted molar refractivity (Wildman–Crippen MR) is 176 cm³/mol. The zero-order valence-electron chi connectivity index (χ0n) is 24.0. The molecule has 0 fully saturated rings. The number of para-hydroxylation sites is 3. The molecule has 4 aromatic carbocycles. The minimum absolute atomic E-state index is 0.132. The smallest absolute Gasteiger partial charge is 0.135 e. The van der Waals surface area contributed by atoms with Gasteiger partial charge < -0.3 is 13.9 Å². The van der Waals surface area contributed by atoms with Gasteiger partial charge in [-0.05, 0) is 73.4 Å². The van der Waals surface area contributed by atoms with Crippen LogP contribution in [-0.4, -0.2) is 4.57 Å². The number of benzene rings is 4. The Hall–Kier alpha value is -4.76. The van der Waals surface area contributed by atoms with Gasteiger partial charge in [-0.15, -0.1) is 0 Å². The molecule has 0 saturated carbocycles. The molecule has 3 heterocycles. The van der Waals surface area contributed by atoms with Crippen LogP contribution < -0.4 is 4.90 Å². The first-order valence-electron chi connectivity index (χ1n) is 15.1. The van der Waals surface area contributed by atoms with Gasteiger partial charge in [-0.2, -0.15) is 0 Å². The van der Waals surface area contributed by atoms with E-state index >= 15 is 0 Å². The molecule has 0 amide bonds. The quantitative estimate of drug-likeness (QED) is 0.216. The SMILES string of the molecule is CC1(C)c2c(ccc3oc4ccccc4c23)N(C2=CC=CCC2)C2=CC=C(n3c4ccccc4c4ccccc43)CC21. The number of furan rings is 1. The molecule has 0 spiro atoms. The summed E-state index contributed by atoms with van der Waals surface area (Å²) < 4.78 is 8.93. The number of aromatic nitrogens is 1. The first kappa shape index (κ1) is 23.9. The highest BCUT2D eigenvalue weighted by Gasteiger charge is 2.46. The molecule has 1 atom stereocenters. The van der Waals surface area contributed by atoms with Crippen LogP contribution in [0.4, 0.5) is 5.69 Å². The van der Waals surface area contributed by atoms with Gasteiger partial charge in [0.25, 0.3) is 0 Å². The Morgan fingerprint density at radius 1 is 0.714 bits per heavy atom. The molecule has 0 saturated heterocycles. The van der Waals surface area contributed by atoms with Crippen LogP contribution in [0.2, 0.25) is 0 Å². The largest absolute Gasteiger partial charge is 0.456 e. The molecule has 204 valence electrons. The fraction of sp³-hybridized carbons (Fsp3) is 0.179. The highest BCUT2D eigenvalue weighted by Crippen LogP contribution is 2.57. The third-order valence-electron chi connectivity index (χ3n) is 9.90. The molecule has 9 rings (SSSR count). The van der Waals surface area contributed by atoms with Crippen molar-refractivity contribution in [1.29, 1.82) is 0 Å². The van der Waals surface area contributed by atoms with Gasteiger partial charge in [0.2, 0.25) is 0 Å². The lowest BCUT2D eigenvalue weighted by molar-refractivity contribution is 0.350. The van der Waals surface area contributed by atoms with Crippen LogP contribution in [0.5, 0.6) is 0 Å². The summed E-state index contributed by atoms with van der Waals surface area (Å²) in [5.74, 6) is 0.288. The van der Waals surface area contributed by atoms with E-state index in [0.717, 1.165) is 30.4 Å². The summed E-state index contributed by atoms with van der Waals surface area (Å²) in [6, 6.07) is 30.7. The van der Waals surface area contributed by atoms with Crippen molar-refractivity contribution in [3.05, 3.63) is 132 Å². The van der Waals surface area contributed by atoms with Crippen LogP contribution in [0.15, 0.2) is 131 Å². The monoisotopic (exact) mass is 544 g/mol. The Morgan fingerprint density at radius 3 is 2.17 bits per heavy atom. The van der Waals surface area contributed by atoms with Crippen LogP contribution in [0.25, 0.3) is 49.4 Å². The van der Waals surface area contributed by atoms with Crippen LogP contribution in [0, 0.1) is 5.92 Å².